The Morgan fingerprint density at radius 2 is 1.72 bits per heavy atom. The van der Waals surface area contributed by atoms with E-state index < -0.39 is 0 Å². The smallest absolute Gasteiger partial charge is 0.247 e. The minimum absolute atomic E-state index is 0.0151. The summed E-state index contributed by atoms with van der Waals surface area (Å²) in [5.41, 5.74) is 3.94. The van der Waals surface area contributed by atoms with Crippen molar-refractivity contribution in [2.24, 2.45) is 0 Å². The van der Waals surface area contributed by atoms with E-state index >= 15 is 0 Å². The largest absolute Gasteiger partial charge is 0.396 e. The van der Waals surface area contributed by atoms with Gasteiger partial charge < -0.3 is 15.0 Å². The number of rotatable bonds is 7. The molecule has 166 valence electrons. The summed E-state index contributed by atoms with van der Waals surface area (Å²) >= 11 is 0. The number of carbonyl (C=O) groups excluding carboxylic acids is 1. The lowest BCUT2D eigenvalue weighted by Crippen LogP contribution is -2.47. The Morgan fingerprint density at radius 3 is 2.34 bits per heavy atom. The van der Waals surface area contributed by atoms with Gasteiger partial charge in [0.1, 0.15) is 0 Å². The molecule has 4 rings (SSSR count). The average molecular weight is 431 g/mol. The van der Waals surface area contributed by atoms with Gasteiger partial charge in [0.05, 0.1) is 6.04 Å². The molecule has 2 N–H and O–H groups in total. The van der Waals surface area contributed by atoms with Crippen molar-refractivity contribution in [1.29, 1.82) is 0 Å². The maximum Gasteiger partial charge on any atom is 0.247 e. The number of aromatic amines is 1. The summed E-state index contributed by atoms with van der Waals surface area (Å²) in [6.45, 7) is 2.92. The first-order valence-electron chi connectivity index (χ1n) is 11.3. The van der Waals surface area contributed by atoms with Gasteiger partial charge in [0.2, 0.25) is 11.5 Å². The van der Waals surface area contributed by atoms with Crippen LogP contribution in [0.3, 0.4) is 0 Å². The van der Waals surface area contributed by atoms with Gasteiger partial charge in [-0.1, -0.05) is 54.6 Å². The molecule has 0 bridgehead atoms. The van der Waals surface area contributed by atoms with Crippen LogP contribution in [0.15, 0.2) is 77.7 Å². The number of aliphatic hydroxyl groups excluding tert-OH is 1. The molecule has 0 radical (unpaired) electrons. The van der Waals surface area contributed by atoms with E-state index in [9.17, 15) is 14.7 Å². The molecule has 5 heteroatoms. The quantitative estimate of drug-likeness (QED) is 0.582. The van der Waals surface area contributed by atoms with Gasteiger partial charge in [0.25, 0.3) is 0 Å². The predicted molar refractivity (Wildman–Crippen MR) is 126 cm³/mol. The fourth-order valence-corrected chi connectivity index (χ4v) is 4.89. The minimum atomic E-state index is -0.203. The van der Waals surface area contributed by atoms with E-state index in [1.54, 1.807) is 12.3 Å². The topological polar surface area (TPSA) is 73.4 Å². The summed E-state index contributed by atoms with van der Waals surface area (Å²) in [4.78, 5) is 29.3. The Labute approximate surface area is 188 Å². The highest BCUT2D eigenvalue weighted by atomic mass is 16.3. The first-order chi connectivity index (χ1) is 15.5. The van der Waals surface area contributed by atoms with Gasteiger partial charge in [-0.2, -0.15) is 0 Å². The molecule has 32 heavy (non-hydrogen) atoms. The zero-order valence-corrected chi connectivity index (χ0v) is 18.5. The predicted octanol–water partition coefficient (Wildman–Crippen LogP) is 4.44. The Kier molecular flexibility index (Phi) is 6.56. The van der Waals surface area contributed by atoms with Gasteiger partial charge in [-0.3, -0.25) is 9.59 Å². The van der Waals surface area contributed by atoms with Crippen LogP contribution < -0.4 is 5.56 Å². The van der Waals surface area contributed by atoms with Crippen LogP contribution in [-0.2, 0) is 10.2 Å². The maximum absolute atomic E-state index is 13.3. The van der Waals surface area contributed by atoms with E-state index in [4.69, 9.17) is 0 Å². The standard InChI is InChI=1S/C27H30N2O3/c1-20(21-8-10-22(11-9-21)23-12-13-25(31)28-19-23)29-16-15-27(14-5-17-30,18-26(29)32)24-6-3-2-4-7-24/h2-4,6-13,19-20,30H,5,14-18H2,1H3,(H,28,31)/t20-,27-/m0/s1. The highest BCUT2D eigenvalue weighted by molar-refractivity contribution is 5.79. The molecule has 1 aromatic heterocycles. The van der Waals surface area contributed by atoms with Crippen LogP contribution in [0.4, 0.5) is 0 Å². The molecule has 3 aromatic rings. The SMILES string of the molecule is C[C@@H](c1ccc(-c2ccc(=O)[nH]c2)cc1)N1CC[C@](CCCO)(c2ccccc2)CC1=O. The van der Waals surface area contributed by atoms with Gasteiger partial charge in [-0.15, -0.1) is 0 Å². The second-order valence-electron chi connectivity index (χ2n) is 8.73. The van der Waals surface area contributed by atoms with Crippen LogP contribution in [0.2, 0.25) is 0 Å². The number of H-pyrrole nitrogens is 1. The molecule has 1 saturated heterocycles. The molecule has 2 aromatic carbocycles. The zero-order chi connectivity index (χ0) is 22.6. The third-order valence-electron chi connectivity index (χ3n) is 6.82. The number of piperidine rings is 1. The van der Waals surface area contributed by atoms with Gasteiger partial charge >= 0.3 is 0 Å². The number of nitrogens with zero attached hydrogens (tertiary/aromatic N) is 1. The third kappa shape index (κ3) is 4.53. The Balaban J connectivity index is 1.50. The van der Waals surface area contributed by atoms with Gasteiger partial charge in [-0.25, -0.2) is 0 Å². The first kappa shape index (κ1) is 22.0. The van der Waals surface area contributed by atoms with Crippen molar-refractivity contribution < 1.29 is 9.90 Å². The molecule has 1 fully saturated rings. The first-order valence-corrected chi connectivity index (χ1v) is 11.3. The lowest BCUT2D eigenvalue weighted by atomic mass is 9.69. The summed E-state index contributed by atoms with van der Waals surface area (Å²) in [6.07, 6.45) is 4.59. The van der Waals surface area contributed by atoms with E-state index in [-0.39, 0.29) is 29.5 Å². The number of benzene rings is 2. The second-order valence-corrected chi connectivity index (χ2v) is 8.73. The Hall–Kier alpha value is -3.18. The summed E-state index contributed by atoms with van der Waals surface area (Å²) in [7, 11) is 0. The number of aromatic nitrogens is 1. The van der Waals surface area contributed by atoms with Crippen LogP contribution in [0, 0.1) is 0 Å². The maximum atomic E-state index is 13.3. The molecule has 0 aliphatic carbocycles. The lowest BCUT2D eigenvalue weighted by Gasteiger charge is -2.44. The average Bonchev–Trinajstić information content (AvgIpc) is 2.83. The summed E-state index contributed by atoms with van der Waals surface area (Å²) in [5, 5.41) is 9.42. The summed E-state index contributed by atoms with van der Waals surface area (Å²) < 4.78 is 0. The van der Waals surface area contributed by atoms with Crippen molar-refractivity contribution in [3.8, 4) is 11.1 Å². The van der Waals surface area contributed by atoms with Crippen molar-refractivity contribution in [3.05, 3.63) is 94.4 Å². The zero-order valence-electron chi connectivity index (χ0n) is 18.5. The number of hydrogen-bond acceptors (Lipinski definition) is 3. The molecule has 2 heterocycles. The molecular weight excluding hydrogens is 400 g/mol. The highest BCUT2D eigenvalue weighted by Crippen LogP contribution is 2.42. The van der Waals surface area contributed by atoms with Gasteiger partial charge in [-0.05, 0) is 54.5 Å². The fourth-order valence-electron chi connectivity index (χ4n) is 4.89. The summed E-state index contributed by atoms with van der Waals surface area (Å²) in [5.74, 6) is 0.162. The van der Waals surface area contributed by atoms with Crippen LogP contribution in [-0.4, -0.2) is 34.0 Å². The Bertz CT molecular complexity index is 1090. The van der Waals surface area contributed by atoms with E-state index in [1.165, 1.54) is 11.6 Å². The molecule has 1 amide bonds. The molecule has 0 saturated carbocycles. The molecule has 0 unspecified atom stereocenters. The molecule has 5 nitrogen and oxygen atoms in total. The number of amides is 1. The van der Waals surface area contributed by atoms with Crippen molar-refractivity contribution in [1.82, 2.24) is 9.88 Å². The Morgan fingerprint density at radius 1 is 1.00 bits per heavy atom. The van der Waals surface area contributed by atoms with Crippen LogP contribution in [0.5, 0.6) is 0 Å². The molecule has 1 aliphatic rings. The third-order valence-corrected chi connectivity index (χ3v) is 6.82. The second kappa shape index (κ2) is 9.53. The molecule has 2 atom stereocenters. The van der Waals surface area contributed by atoms with Crippen molar-refractivity contribution in [2.45, 2.75) is 44.1 Å². The molecular formula is C27H30N2O3. The number of nitrogens with one attached hydrogen (secondary N) is 1. The highest BCUT2D eigenvalue weighted by Gasteiger charge is 2.41. The van der Waals surface area contributed by atoms with Crippen molar-refractivity contribution >= 4 is 5.91 Å². The van der Waals surface area contributed by atoms with Crippen LogP contribution >= 0.6 is 0 Å². The number of likely N-dealkylation sites (tertiary alicyclic amines) is 1. The van der Waals surface area contributed by atoms with Gasteiger partial charge in [0, 0.05) is 37.3 Å². The fraction of sp³-hybridized carbons (Fsp3) is 0.333. The van der Waals surface area contributed by atoms with Crippen molar-refractivity contribution in [2.75, 3.05) is 13.2 Å². The van der Waals surface area contributed by atoms with E-state index in [2.05, 4.69) is 36.2 Å². The van der Waals surface area contributed by atoms with Gasteiger partial charge in [0.15, 0.2) is 0 Å². The number of pyridine rings is 1. The minimum Gasteiger partial charge on any atom is -0.396 e. The van der Waals surface area contributed by atoms with Crippen molar-refractivity contribution in [3.63, 3.8) is 0 Å². The molecule has 1 aliphatic heterocycles. The lowest BCUT2D eigenvalue weighted by molar-refractivity contribution is -0.138. The van der Waals surface area contributed by atoms with Crippen LogP contribution in [0.1, 0.15) is 49.8 Å². The molecule has 0 spiro atoms. The summed E-state index contributed by atoms with van der Waals surface area (Å²) in [6, 6.07) is 21.8. The van der Waals surface area contributed by atoms with E-state index in [0.717, 1.165) is 29.5 Å². The number of hydrogen-bond donors (Lipinski definition) is 2. The van der Waals surface area contributed by atoms with E-state index in [0.29, 0.717) is 19.4 Å². The number of aliphatic hydroxyl groups is 1. The number of carbonyl (C=O) groups is 1. The van der Waals surface area contributed by atoms with E-state index in [1.807, 2.05) is 35.2 Å². The normalized spacial score (nSPS) is 19.7. The monoisotopic (exact) mass is 430 g/mol. The van der Waals surface area contributed by atoms with Crippen LogP contribution in [0.25, 0.3) is 11.1 Å².